The molecule has 6 nitrogen and oxygen atoms in total. The van der Waals surface area contributed by atoms with Gasteiger partial charge in [0.2, 0.25) is 0 Å². The topological polar surface area (TPSA) is 98.7 Å². The van der Waals surface area contributed by atoms with E-state index in [0.29, 0.717) is 11.3 Å². The van der Waals surface area contributed by atoms with Crippen LogP contribution in [-0.4, -0.2) is 27.2 Å². The zero-order valence-corrected chi connectivity index (χ0v) is 13.9. The SMILES string of the molecule is Cc1ccc(C(=O)NC(=S)Nc2ccc(C(=O)O)c(O)c2)cc1C. The number of carbonyl (C=O) groups excluding carboxylic acids is 1. The Bertz CT molecular complexity index is 833. The third-order valence-electron chi connectivity index (χ3n) is 3.48. The van der Waals surface area contributed by atoms with Gasteiger partial charge in [0, 0.05) is 17.3 Å². The fourth-order valence-corrected chi connectivity index (χ4v) is 2.22. The standard InChI is InChI=1S/C17H16N2O4S/c1-9-3-4-11(7-10(9)2)15(21)19-17(24)18-12-5-6-13(16(22)23)14(20)8-12/h3-8,20H,1-2H3,(H,22,23)(H2,18,19,21,24). The van der Waals surface area contributed by atoms with Crippen molar-refractivity contribution in [2.45, 2.75) is 13.8 Å². The number of carboxylic acids is 1. The number of amides is 1. The van der Waals surface area contributed by atoms with E-state index in [9.17, 15) is 14.7 Å². The molecule has 2 rings (SSSR count). The molecular weight excluding hydrogens is 328 g/mol. The van der Waals surface area contributed by atoms with Crippen molar-refractivity contribution in [2.24, 2.45) is 0 Å². The first-order valence-corrected chi connectivity index (χ1v) is 7.44. The molecule has 0 aromatic heterocycles. The number of benzene rings is 2. The zero-order chi connectivity index (χ0) is 17.9. The zero-order valence-electron chi connectivity index (χ0n) is 13.1. The van der Waals surface area contributed by atoms with Gasteiger partial charge in [0.25, 0.3) is 5.91 Å². The number of aromatic hydroxyl groups is 1. The van der Waals surface area contributed by atoms with E-state index in [2.05, 4.69) is 10.6 Å². The molecule has 0 aliphatic rings. The largest absolute Gasteiger partial charge is 0.507 e. The van der Waals surface area contributed by atoms with Gasteiger partial charge >= 0.3 is 5.97 Å². The molecule has 0 aliphatic carbocycles. The molecule has 124 valence electrons. The highest BCUT2D eigenvalue weighted by Gasteiger charge is 2.12. The first-order valence-electron chi connectivity index (χ1n) is 7.04. The van der Waals surface area contributed by atoms with E-state index in [1.54, 1.807) is 12.1 Å². The number of rotatable bonds is 3. The maximum Gasteiger partial charge on any atom is 0.339 e. The Morgan fingerprint density at radius 3 is 2.33 bits per heavy atom. The van der Waals surface area contributed by atoms with Crippen LogP contribution in [0.2, 0.25) is 0 Å². The average Bonchev–Trinajstić information content (AvgIpc) is 2.49. The Morgan fingerprint density at radius 2 is 1.75 bits per heavy atom. The number of aromatic carboxylic acids is 1. The number of carboxylic acid groups (broad SMARTS) is 1. The van der Waals surface area contributed by atoms with Crippen LogP contribution in [0.3, 0.4) is 0 Å². The highest BCUT2D eigenvalue weighted by molar-refractivity contribution is 7.80. The summed E-state index contributed by atoms with van der Waals surface area (Å²) in [6.45, 7) is 3.87. The van der Waals surface area contributed by atoms with Gasteiger partial charge in [-0.05, 0) is 61.5 Å². The normalized spacial score (nSPS) is 10.1. The Balaban J connectivity index is 2.05. The highest BCUT2D eigenvalue weighted by atomic mass is 32.1. The van der Waals surface area contributed by atoms with Crippen LogP contribution < -0.4 is 10.6 Å². The van der Waals surface area contributed by atoms with Crippen LogP contribution in [0.25, 0.3) is 0 Å². The monoisotopic (exact) mass is 344 g/mol. The summed E-state index contributed by atoms with van der Waals surface area (Å²) in [5.74, 6) is -1.98. The Kier molecular flexibility index (Phi) is 5.15. The van der Waals surface area contributed by atoms with Crippen molar-refractivity contribution >= 4 is 34.9 Å². The second-order valence-corrected chi connectivity index (χ2v) is 5.65. The number of aryl methyl sites for hydroxylation is 2. The molecular formula is C17H16N2O4S. The average molecular weight is 344 g/mol. The van der Waals surface area contributed by atoms with Crippen molar-refractivity contribution in [1.82, 2.24) is 5.32 Å². The van der Waals surface area contributed by atoms with Crippen LogP contribution in [0.1, 0.15) is 31.8 Å². The van der Waals surface area contributed by atoms with Crippen LogP contribution in [0, 0.1) is 13.8 Å². The summed E-state index contributed by atoms with van der Waals surface area (Å²) in [7, 11) is 0. The summed E-state index contributed by atoms with van der Waals surface area (Å²) in [4.78, 5) is 23.0. The molecule has 0 bridgehead atoms. The van der Waals surface area contributed by atoms with Crippen molar-refractivity contribution < 1.29 is 19.8 Å². The number of phenols is 1. The smallest absolute Gasteiger partial charge is 0.339 e. The number of thiocarbonyl (C=S) groups is 1. The van der Waals surface area contributed by atoms with Gasteiger partial charge in [0.15, 0.2) is 5.11 Å². The lowest BCUT2D eigenvalue weighted by molar-refractivity contribution is 0.0693. The third kappa shape index (κ3) is 4.08. The molecule has 0 spiro atoms. The Morgan fingerprint density at radius 1 is 1.04 bits per heavy atom. The second-order valence-electron chi connectivity index (χ2n) is 5.24. The molecule has 0 saturated carbocycles. The van der Waals surface area contributed by atoms with Gasteiger partial charge in [0.1, 0.15) is 11.3 Å². The fourth-order valence-electron chi connectivity index (χ4n) is 2.01. The summed E-state index contributed by atoms with van der Waals surface area (Å²) >= 11 is 5.06. The molecule has 0 radical (unpaired) electrons. The van der Waals surface area contributed by atoms with Gasteiger partial charge in [-0.25, -0.2) is 4.79 Å². The molecule has 0 unspecified atom stereocenters. The van der Waals surface area contributed by atoms with E-state index >= 15 is 0 Å². The van der Waals surface area contributed by atoms with E-state index < -0.39 is 11.7 Å². The molecule has 2 aromatic carbocycles. The predicted molar refractivity (Wildman–Crippen MR) is 94.7 cm³/mol. The molecule has 1 amide bonds. The maximum absolute atomic E-state index is 12.2. The summed E-state index contributed by atoms with van der Waals surface area (Å²) in [6.07, 6.45) is 0. The van der Waals surface area contributed by atoms with Crippen molar-refractivity contribution in [3.63, 3.8) is 0 Å². The number of hydrogen-bond acceptors (Lipinski definition) is 4. The molecule has 0 atom stereocenters. The van der Waals surface area contributed by atoms with Crippen LogP contribution in [0.4, 0.5) is 5.69 Å². The van der Waals surface area contributed by atoms with Crippen molar-refractivity contribution in [1.29, 1.82) is 0 Å². The molecule has 0 saturated heterocycles. The van der Waals surface area contributed by atoms with Gasteiger partial charge < -0.3 is 15.5 Å². The van der Waals surface area contributed by atoms with Gasteiger partial charge in [0.05, 0.1) is 0 Å². The van der Waals surface area contributed by atoms with Crippen LogP contribution in [-0.2, 0) is 0 Å². The lowest BCUT2D eigenvalue weighted by atomic mass is 10.1. The molecule has 7 heteroatoms. The minimum Gasteiger partial charge on any atom is -0.507 e. The summed E-state index contributed by atoms with van der Waals surface area (Å²) in [6, 6.07) is 9.22. The van der Waals surface area contributed by atoms with Crippen LogP contribution in [0.5, 0.6) is 5.75 Å². The molecule has 24 heavy (non-hydrogen) atoms. The van der Waals surface area contributed by atoms with Crippen LogP contribution >= 0.6 is 12.2 Å². The number of carbonyl (C=O) groups is 2. The number of nitrogens with one attached hydrogen (secondary N) is 2. The van der Waals surface area contributed by atoms with Gasteiger partial charge in [-0.2, -0.15) is 0 Å². The van der Waals surface area contributed by atoms with E-state index in [1.807, 2.05) is 19.9 Å². The van der Waals surface area contributed by atoms with E-state index in [0.717, 1.165) is 11.1 Å². The van der Waals surface area contributed by atoms with Crippen molar-refractivity contribution in [2.75, 3.05) is 5.32 Å². The van der Waals surface area contributed by atoms with E-state index in [4.69, 9.17) is 17.3 Å². The highest BCUT2D eigenvalue weighted by Crippen LogP contribution is 2.21. The van der Waals surface area contributed by atoms with Crippen molar-refractivity contribution in [3.8, 4) is 5.75 Å². The number of anilines is 1. The molecule has 4 N–H and O–H groups in total. The van der Waals surface area contributed by atoms with E-state index in [1.165, 1.54) is 18.2 Å². The predicted octanol–water partition coefficient (Wildman–Crippen LogP) is 2.83. The third-order valence-corrected chi connectivity index (χ3v) is 3.69. The summed E-state index contributed by atoms with van der Waals surface area (Å²) < 4.78 is 0. The summed E-state index contributed by atoms with van der Waals surface area (Å²) in [5.41, 5.74) is 2.71. The van der Waals surface area contributed by atoms with E-state index in [-0.39, 0.29) is 16.6 Å². The fraction of sp³-hybridized carbons (Fsp3) is 0.118. The van der Waals surface area contributed by atoms with Gasteiger partial charge in [-0.15, -0.1) is 0 Å². The first-order chi connectivity index (χ1) is 11.3. The van der Waals surface area contributed by atoms with Crippen LogP contribution in [0.15, 0.2) is 36.4 Å². The minimum atomic E-state index is -1.23. The lowest BCUT2D eigenvalue weighted by Crippen LogP contribution is -2.34. The molecule has 0 heterocycles. The quantitative estimate of drug-likeness (QED) is 0.639. The molecule has 2 aromatic rings. The lowest BCUT2D eigenvalue weighted by Gasteiger charge is -2.11. The Hall–Kier alpha value is -2.93. The second kappa shape index (κ2) is 7.10. The van der Waals surface area contributed by atoms with Gasteiger partial charge in [-0.3, -0.25) is 10.1 Å². The number of hydrogen-bond donors (Lipinski definition) is 4. The Labute approximate surface area is 144 Å². The summed E-state index contributed by atoms with van der Waals surface area (Å²) in [5, 5.41) is 23.8. The molecule has 0 fully saturated rings. The first kappa shape index (κ1) is 17.4. The van der Waals surface area contributed by atoms with Gasteiger partial charge in [-0.1, -0.05) is 6.07 Å². The maximum atomic E-state index is 12.2. The minimum absolute atomic E-state index is 0.0423. The molecule has 0 aliphatic heterocycles. The van der Waals surface area contributed by atoms with Crippen molar-refractivity contribution in [3.05, 3.63) is 58.7 Å².